The van der Waals surface area contributed by atoms with E-state index in [2.05, 4.69) is 10.1 Å². The van der Waals surface area contributed by atoms with Crippen molar-refractivity contribution in [3.8, 4) is 22.5 Å². The number of amides is 1. The van der Waals surface area contributed by atoms with E-state index in [-0.39, 0.29) is 0 Å². The van der Waals surface area contributed by atoms with Gasteiger partial charge in [-0.2, -0.15) is 5.10 Å². The Labute approximate surface area is 148 Å². The lowest BCUT2D eigenvalue weighted by Crippen LogP contribution is -2.10. The van der Waals surface area contributed by atoms with Gasteiger partial charge in [0.15, 0.2) is 0 Å². The van der Waals surface area contributed by atoms with Crippen LogP contribution in [0.3, 0.4) is 0 Å². The number of fused-ring (bicyclic) bond motifs is 1. The molecule has 5 nitrogen and oxygen atoms in total. The molecule has 2 aromatic heterocycles. The third kappa shape index (κ3) is 2.97. The highest BCUT2D eigenvalue weighted by atomic mass is 35.5. The van der Waals surface area contributed by atoms with Crippen LogP contribution in [0.2, 0.25) is 5.02 Å². The van der Waals surface area contributed by atoms with Crippen molar-refractivity contribution >= 4 is 23.0 Å². The smallest absolute Gasteiger partial charge is 0.248 e. The quantitative estimate of drug-likeness (QED) is 0.611. The fraction of sp³-hybridized carbons (Fsp3) is 0. The van der Waals surface area contributed by atoms with Crippen molar-refractivity contribution in [1.29, 1.82) is 0 Å². The van der Waals surface area contributed by atoms with E-state index in [4.69, 9.17) is 17.3 Å². The first-order chi connectivity index (χ1) is 12.1. The molecule has 0 aliphatic rings. The van der Waals surface area contributed by atoms with Gasteiger partial charge in [-0.1, -0.05) is 35.9 Å². The molecule has 0 spiro atoms. The Kier molecular flexibility index (Phi) is 3.71. The van der Waals surface area contributed by atoms with Crippen LogP contribution in [0.5, 0.6) is 0 Å². The molecule has 1 amide bonds. The van der Waals surface area contributed by atoms with Crippen LogP contribution in [-0.2, 0) is 0 Å². The molecule has 0 saturated heterocycles. The van der Waals surface area contributed by atoms with E-state index in [1.54, 1.807) is 29.0 Å². The third-order valence-electron chi connectivity index (χ3n) is 3.94. The zero-order chi connectivity index (χ0) is 17.4. The van der Waals surface area contributed by atoms with Gasteiger partial charge in [0.1, 0.15) is 6.33 Å². The van der Waals surface area contributed by atoms with E-state index in [9.17, 15) is 4.79 Å². The van der Waals surface area contributed by atoms with Crippen molar-refractivity contribution < 1.29 is 4.79 Å². The third-order valence-corrected chi connectivity index (χ3v) is 4.19. The van der Waals surface area contributed by atoms with Crippen LogP contribution >= 0.6 is 11.6 Å². The molecule has 4 aromatic rings. The summed E-state index contributed by atoms with van der Waals surface area (Å²) >= 11 is 5.93. The maximum Gasteiger partial charge on any atom is 0.248 e. The number of carbonyl (C=O) groups is 1. The van der Waals surface area contributed by atoms with E-state index in [0.717, 1.165) is 28.0 Å². The van der Waals surface area contributed by atoms with Crippen LogP contribution in [0.15, 0.2) is 67.0 Å². The highest BCUT2D eigenvalue weighted by Crippen LogP contribution is 2.24. The molecular weight excluding hydrogens is 336 g/mol. The van der Waals surface area contributed by atoms with Gasteiger partial charge in [0.25, 0.3) is 0 Å². The highest BCUT2D eigenvalue weighted by molar-refractivity contribution is 6.30. The van der Waals surface area contributed by atoms with E-state index in [1.165, 1.54) is 0 Å². The summed E-state index contributed by atoms with van der Waals surface area (Å²) in [4.78, 5) is 15.8. The van der Waals surface area contributed by atoms with Crippen molar-refractivity contribution in [3.05, 3.63) is 77.6 Å². The number of halogens is 1. The number of benzene rings is 2. The molecule has 0 saturated carbocycles. The molecule has 0 fully saturated rings. The number of hydrogen-bond donors (Lipinski definition) is 1. The zero-order valence-corrected chi connectivity index (χ0v) is 13.8. The standard InChI is InChI=1S/C19H13ClN4O/c20-15-6-4-12(5-7-15)18-10-16-9-17(22-11-24(16)23-18)13-2-1-3-14(8-13)19(21)25/h1-11H,(H2,21,25). The van der Waals surface area contributed by atoms with Gasteiger partial charge in [-0.05, 0) is 36.4 Å². The molecule has 0 unspecified atom stereocenters. The Morgan fingerprint density at radius 2 is 1.72 bits per heavy atom. The van der Waals surface area contributed by atoms with E-state index in [0.29, 0.717) is 10.6 Å². The van der Waals surface area contributed by atoms with E-state index >= 15 is 0 Å². The summed E-state index contributed by atoms with van der Waals surface area (Å²) in [5, 5.41) is 5.22. The maximum atomic E-state index is 11.4. The predicted molar refractivity (Wildman–Crippen MR) is 97.4 cm³/mol. The Bertz CT molecular complexity index is 1090. The summed E-state index contributed by atoms with van der Waals surface area (Å²) in [5.74, 6) is -0.461. The van der Waals surface area contributed by atoms with Gasteiger partial charge in [-0.15, -0.1) is 0 Å². The van der Waals surface area contributed by atoms with Crippen LogP contribution in [0, 0.1) is 0 Å². The van der Waals surface area contributed by atoms with Gasteiger partial charge in [-0.25, -0.2) is 9.50 Å². The molecule has 25 heavy (non-hydrogen) atoms. The fourth-order valence-electron chi connectivity index (χ4n) is 2.65. The fourth-order valence-corrected chi connectivity index (χ4v) is 2.78. The molecule has 0 bridgehead atoms. The summed E-state index contributed by atoms with van der Waals surface area (Å²) in [7, 11) is 0. The number of nitrogens with two attached hydrogens (primary N) is 1. The molecule has 2 N–H and O–H groups in total. The summed E-state index contributed by atoms with van der Waals surface area (Å²) in [5.41, 5.74) is 10.1. The zero-order valence-electron chi connectivity index (χ0n) is 13.1. The molecule has 0 radical (unpaired) electrons. The van der Waals surface area contributed by atoms with E-state index < -0.39 is 5.91 Å². The van der Waals surface area contributed by atoms with Crippen LogP contribution in [-0.4, -0.2) is 20.5 Å². The molecular formula is C19H13ClN4O. The van der Waals surface area contributed by atoms with Gasteiger partial charge in [0.2, 0.25) is 5.91 Å². The Morgan fingerprint density at radius 3 is 2.48 bits per heavy atom. The lowest BCUT2D eigenvalue weighted by atomic mass is 10.1. The number of primary amides is 1. The molecule has 6 heteroatoms. The maximum absolute atomic E-state index is 11.4. The lowest BCUT2D eigenvalue weighted by Gasteiger charge is -2.03. The summed E-state index contributed by atoms with van der Waals surface area (Å²) in [6, 6.07) is 18.5. The van der Waals surface area contributed by atoms with Crippen LogP contribution < -0.4 is 5.73 Å². The van der Waals surface area contributed by atoms with Crippen molar-refractivity contribution in [2.75, 3.05) is 0 Å². The van der Waals surface area contributed by atoms with Crippen molar-refractivity contribution in [1.82, 2.24) is 14.6 Å². The molecule has 122 valence electrons. The van der Waals surface area contributed by atoms with Gasteiger partial charge < -0.3 is 5.73 Å². The molecule has 0 aliphatic heterocycles. The second-order valence-corrected chi connectivity index (χ2v) is 6.06. The normalized spacial score (nSPS) is 10.9. The van der Waals surface area contributed by atoms with Crippen molar-refractivity contribution in [2.45, 2.75) is 0 Å². The number of aromatic nitrogens is 3. The minimum atomic E-state index is -0.461. The Balaban J connectivity index is 1.77. The average molecular weight is 349 g/mol. The summed E-state index contributed by atoms with van der Waals surface area (Å²) in [6.07, 6.45) is 1.65. The van der Waals surface area contributed by atoms with Crippen molar-refractivity contribution in [2.24, 2.45) is 5.73 Å². The molecule has 0 atom stereocenters. The van der Waals surface area contributed by atoms with Crippen molar-refractivity contribution in [3.63, 3.8) is 0 Å². The van der Waals surface area contributed by atoms with Gasteiger partial charge in [0.05, 0.1) is 16.9 Å². The number of nitrogens with zero attached hydrogens (tertiary/aromatic N) is 3. The number of rotatable bonds is 3. The second-order valence-electron chi connectivity index (χ2n) is 5.63. The largest absolute Gasteiger partial charge is 0.366 e. The Hall–Kier alpha value is -3.18. The van der Waals surface area contributed by atoms with Crippen LogP contribution in [0.1, 0.15) is 10.4 Å². The predicted octanol–water partition coefficient (Wildman–Crippen LogP) is 3.82. The second kappa shape index (κ2) is 6.03. The Morgan fingerprint density at radius 1 is 0.960 bits per heavy atom. The summed E-state index contributed by atoms with van der Waals surface area (Å²) < 4.78 is 1.71. The SMILES string of the molecule is NC(=O)c1cccc(-c2cc3cc(-c4ccc(Cl)cc4)nn3cn2)c1. The molecule has 4 rings (SSSR count). The van der Waals surface area contributed by atoms with Gasteiger partial charge in [-0.3, -0.25) is 4.79 Å². The highest BCUT2D eigenvalue weighted by Gasteiger charge is 2.08. The van der Waals surface area contributed by atoms with Gasteiger partial charge >= 0.3 is 0 Å². The minimum absolute atomic E-state index is 0.453. The van der Waals surface area contributed by atoms with Gasteiger partial charge in [0, 0.05) is 21.7 Å². The molecule has 2 aromatic carbocycles. The summed E-state index contributed by atoms with van der Waals surface area (Å²) in [6.45, 7) is 0. The first kappa shape index (κ1) is 15.4. The number of hydrogen-bond acceptors (Lipinski definition) is 3. The first-order valence-electron chi connectivity index (χ1n) is 7.62. The van der Waals surface area contributed by atoms with E-state index in [1.807, 2.05) is 42.5 Å². The molecule has 2 heterocycles. The van der Waals surface area contributed by atoms with Crippen LogP contribution in [0.4, 0.5) is 0 Å². The monoisotopic (exact) mass is 348 g/mol. The van der Waals surface area contributed by atoms with Crippen LogP contribution in [0.25, 0.3) is 28.0 Å². The minimum Gasteiger partial charge on any atom is -0.366 e. The number of carbonyl (C=O) groups excluding carboxylic acids is 1. The topological polar surface area (TPSA) is 73.3 Å². The first-order valence-corrected chi connectivity index (χ1v) is 7.99. The molecule has 0 aliphatic carbocycles. The average Bonchev–Trinajstić information content (AvgIpc) is 3.05. The lowest BCUT2D eigenvalue weighted by molar-refractivity contribution is 0.100.